The van der Waals surface area contributed by atoms with Crippen LogP contribution in [0.1, 0.15) is 36.3 Å². The van der Waals surface area contributed by atoms with Crippen LogP contribution in [0, 0.1) is 11.8 Å². The number of carbonyl (C=O) groups is 2. The summed E-state index contributed by atoms with van der Waals surface area (Å²) in [5, 5.41) is 18.9. The number of fused-ring (bicyclic) bond motifs is 2. The lowest BCUT2D eigenvalue weighted by molar-refractivity contribution is -0.150. The Kier molecular flexibility index (Phi) is 2.24. The predicted octanol–water partition coefficient (Wildman–Crippen LogP) is 1.88. The molecule has 1 aromatic rings. The first kappa shape index (κ1) is 11.3. The maximum atomic E-state index is 12.0. The Balaban J connectivity index is 2.21. The van der Waals surface area contributed by atoms with Gasteiger partial charge in [0.25, 0.3) is 0 Å². The van der Waals surface area contributed by atoms with Crippen LogP contribution in [-0.2, 0) is 9.59 Å². The van der Waals surface area contributed by atoms with Gasteiger partial charge >= 0.3 is 5.97 Å². The van der Waals surface area contributed by atoms with Crippen molar-refractivity contribution in [3.05, 3.63) is 29.3 Å². The van der Waals surface area contributed by atoms with E-state index in [1.54, 1.807) is 12.1 Å². The van der Waals surface area contributed by atoms with Crippen LogP contribution in [0.25, 0.3) is 0 Å². The monoisotopic (exact) mass is 246 g/mol. The van der Waals surface area contributed by atoms with E-state index in [9.17, 15) is 19.8 Å². The molecule has 0 aliphatic heterocycles. The van der Waals surface area contributed by atoms with Crippen LogP contribution in [0.3, 0.4) is 0 Å². The lowest BCUT2D eigenvalue weighted by Crippen LogP contribution is -2.45. The Morgan fingerprint density at radius 3 is 2.72 bits per heavy atom. The number of phenols is 1. The highest BCUT2D eigenvalue weighted by atomic mass is 16.4. The Labute approximate surface area is 104 Å². The van der Waals surface area contributed by atoms with Gasteiger partial charge < -0.3 is 10.2 Å². The smallest absolute Gasteiger partial charge is 0.307 e. The lowest BCUT2D eigenvalue weighted by Gasteiger charge is -2.45. The van der Waals surface area contributed by atoms with Crippen molar-refractivity contribution in [2.24, 2.45) is 11.8 Å². The van der Waals surface area contributed by atoms with Crippen LogP contribution in [-0.4, -0.2) is 22.0 Å². The molecule has 2 N–H and O–H groups in total. The lowest BCUT2D eigenvalue weighted by atomic mass is 9.56. The summed E-state index contributed by atoms with van der Waals surface area (Å²) >= 11 is 0. The number of aliphatic carboxylic acids is 1. The first-order valence-electron chi connectivity index (χ1n) is 6.09. The number of carboxylic acid groups (broad SMARTS) is 1. The molecule has 0 aromatic heterocycles. The summed E-state index contributed by atoms with van der Waals surface area (Å²) < 4.78 is 0. The molecule has 0 radical (unpaired) electrons. The van der Waals surface area contributed by atoms with E-state index >= 15 is 0 Å². The summed E-state index contributed by atoms with van der Waals surface area (Å²) in [6.07, 6.45) is 0.424. The van der Waals surface area contributed by atoms with Gasteiger partial charge in [-0.25, -0.2) is 0 Å². The van der Waals surface area contributed by atoms with Crippen molar-refractivity contribution in [3.63, 3.8) is 0 Å². The van der Waals surface area contributed by atoms with Crippen LogP contribution in [0.4, 0.5) is 0 Å². The van der Waals surface area contributed by atoms with Crippen LogP contribution in [0.5, 0.6) is 5.75 Å². The van der Waals surface area contributed by atoms with E-state index in [4.69, 9.17) is 0 Å². The minimum atomic E-state index is -0.917. The van der Waals surface area contributed by atoms with Gasteiger partial charge in [0.1, 0.15) is 11.5 Å². The number of ketones is 1. The quantitative estimate of drug-likeness (QED) is 0.793. The van der Waals surface area contributed by atoms with Crippen molar-refractivity contribution in [3.8, 4) is 5.75 Å². The molecule has 4 atom stereocenters. The first-order chi connectivity index (χ1) is 8.50. The number of phenolic OH excluding ortho intramolecular Hbond substituents is 1. The summed E-state index contributed by atoms with van der Waals surface area (Å²) in [4.78, 5) is 23.4. The second-order valence-corrected chi connectivity index (χ2v) is 5.29. The third-order valence-electron chi connectivity index (χ3n) is 4.42. The molecule has 1 saturated carbocycles. The molecule has 0 saturated heterocycles. The van der Waals surface area contributed by atoms with Gasteiger partial charge in [0.15, 0.2) is 0 Å². The van der Waals surface area contributed by atoms with E-state index in [2.05, 4.69) is 0 Å². The van der Waals surface area contributed by atoms with Gasteiger partial charge in [-0.05, 0) is 35.1 Å². The molecular formula is C14H14O4. The molecular weight excluding hydrogens is 232 g/mol. The molecule has 4 heteroatoms. The Bertz CT molecular complexity index is 549. The van der Waals surface area contributed by atoms with E-state index in [1.807, 2.05) is 13.0 Å². The molecule has 0 amide bonds. The maximum absolute atomic E-state index is 12.0. The molecule has 1 aromatic carbocycles. The summed E-state index contributed by atoms with van der Waals surface area (Å²) in [5.74, 6) is -2.16. The van der Waals surface area contributed by atoms with Gasteiger partial charge in [0.05, 0.1) is 11.8 Å². The zero-order valence-electron chi connectivity index (χ0n) is 9.96. The average Bonchev–Trinajstić information content (AvgIpc) is 2.30. The van der Waals surface area contributed by atoms with E-state index in [0.717, 1.165) is 5.56 Å². The van der Waals surface area contributed by atoms with Gasteiger partial charge in [0, 0.05) is 6.42 Å². The molecule has 2 bridgehead atoms. The highest BCUT2D eigenvalue weighted by Gasteiger charge is 2.52. The Morgan fingerprint density at radius 1 is 1.33 bits per heavy atom. The topological polar surface area (TPSA) is 74.6 Å². The molecule has 3 aliphatic rings. The number of carbonyl (C=O) groups excluding carboxylic acids is 1. The molecule has 94 valence electrons. The fourth-order valence-electron chi connectivity index (χ4n) is 3.58. The number of benzene rings is 1. The first-order valence-corrected chi connectivity index (χ1v) is 6.09. The standard InChI is InChI=1S/C14H14O4/c1-6-9-5-11(16)13(12(6)14(17)18)10-4-7(15)2-3-8(9)10/h2-4,6,9,12-13,15H,5H2,1H3,(H,17,18)/t6-,9?,12-,13-/m1/s1. The van der Waals surface area contributed by atoms with Gasteiger partial charge in [-0.3, -0.25) is 9.59 Å². The summed E-state index contributed by atoms with van der Waals surface area (Å²) in [6.45, 7) is 1.90. The number of carboxylic acids is 1. The molecule has 1 unspecified atom stereocenters. The Hall–Kier alpha value is -1.84. The zero-order chi connectivity index (χ0) is 13.0. The number of hydrogen-bond acceptors (Lipinski definition) is 3. The highest BCUT2D eigenvalue weighted by molar-refractivity contribution is 5.95. The number of rotatable bonds is 1. The van der Waals surface area contributed by atoms with Crippen molar-refractivity contribution < 1.29 is 19.8 Å². The Morgan fingerprint density at radius 2 is 2.06 bits per heavy atom. The largest absolute Gasteiger partial charge is 0.508 e. The van der Waals surface area contributed by atoms with Crippen molar-refractivity contribution in [1.82, 2.24) is 0 Å². The van der Waals surface area contributed by atoms with Crippen molar-refractivity contribution in [1.29, 1.82) is 0 Å². The minimum absolute atomic E-state index is 0.0106. The van der Waals surface area contributed by atoms with Gasteiger partial charge in [-0.1, -0.05) is 13.0 Å². The number of hydrogen-bond donors (Lipinski definition) is 2. The van der Waals surface area contributed by atoms with Crippen molar-refractivity contribution in [2.75, 3.05) is 0 Å². The second-order valence-electron chi connectivity index (χ2n) is 5.29. The molecule has 0 heterocycles. The molecule has 3 aliphatic carbocycles. The molecule has 0 spiro atoms. The van der Waals surface area contributed by atoms with E-state index in [-0.39, 0.29) is 23.4 Å². The van der Waals surface area contributed by atoms with Crippen molar-refractivity contribution >= 4 is 11.8 Å². The van der Waals surface area contributed by atoms with Gasteiger partial charge in [-0.2, -0.15) is 0 Å². The van der Waals surface area contributed by atoms with Crippen LogP contribution >= 0.6 is 0 Å². The van der Waals surface area contributed by atoms with Crippen LogP contribution in [0.2, 0.25) is 0 Å². The average molecular weight is 246 g/mol. The van der Waals surface area contributed by atoms with E-state index in [0.29, 0.717) is 12.0 Å². The van der Waals surface area contributed by atoms with Gasteiger partial charge in [-0.15, -0.1) is 0 Å². The predicted molar refractivity (Wildman–Crippen MR) is 63.5 cm³/mol. The fraction of sp³-hybridized carbons (Fsp3) is 0.429. The van der Waals surface area contributed by atoms with Crippen LogP contribution < -0.4 is 0 Å². The number of Topliss-reactive ketones (excluding diaryl/α,β-unsaturated/α-hetero) is 1. The molecule has 1 fully saturated rings. The van der Waals surface area contributed by atoms with Crippen molar-refractivity contribution in [2.45, 2.75) is 25.2 Å². The molecule has 4 nitrogen and oxygen atoms in total. The highest BCUT2D eigenvalue weighted by Crippen LogP contribution is 2.54. The fourth-order valence-corrected chi connectivity index (χ4v) is 3.58. The maximum Gasteiger partial charge on any atom is 0.307 e. The summed E-state index contributed by atoms with van der Waals surface area (Å²) in [6, 6.07) is 4.97. The van der Waals surface area contributed by atoms with E-state index in [1.165, 1.54) is 0 Å². The second kappa shape index (κ2) is 3.57. The third-order valence-corrected chi connectivity index (χ3v) is 4.42. The molecule has 18 heavy (non-hydrogen) atoms. The van der Waals surface area contributed by atoms with E-state index < -0.39 is 17.8 Å². The molecule has 4 rings (SSSR count). The summed E-state index contributed by atoms with van der Waals surface area (Å²) in [5.41, 5.74) is 1.74. The zero-order valence-corrected chi connectivity index (χ0v) is 9.96. The SMILES string of the molecule is C[C@@H]1C2CC(=O)[C@@H](c3cc(O)ccc32)[C@@H]1C(=O)O. The van der Waals surface area contributed by atoms with Crippen LogP contribution in [0.15, 0.2) is 18.2 Å². The number of aromatic hydroxyl groups is 1. The van der Waals surface area contributed by atoms with Gasteiger partial charge in [0.2, 0.25) is 0 Å². The summed E-state index contributed by atoms with van der Waals surface area (Å²) in [7, 11) is 0. The third kappa shape index (κ3) is 1.32. The minimum Gasteiger partial charge on any atom is -0.508 e. The normalized spacial score (nSPS) is 33.3.